The molecule has 0 atom stereocenters. The predicted octanol–water partition coefficient (Wildman–Crippen LogP) is -0.358. The van der Waals surface area contributed by atoms with Crippen LogP contribution in [0.3, 0.4) is 0 Å². The van der Waals surface area contributed by atoms with E-state index in [2.05, 4.69) is 12.1 Å². The third kappa shape index (κ3) is 1.06. The zero-order valence-electron chi connectivity index (χ0n) is 5.41. The number of nitrogens with two attached hydrogens (primary N) is 1. The van der Waals surface area contributed by atoms with Gasteiger partial charge < -0.3 is 15.8 Å². The highest BCUT2D eigenvalue weighted by Gasteiger charge is 2.23. The van der Waals surface area contributed by atoms with Crippen LogP contribution in [-0.2, 0) is 0 Å². The fraction of sp³-hybridized carbons (Fsp3) is 0.800. The molecule has 1 fully saturated rings. The molecule has 52 valence electrons. The first-order chi connectivity index (χ1) is 4.24. The van der Waals surface area contributed by atoms with E-state index in [-0.39, 0.29) is 5.96 Å². The number of likely N-dealkylation sites (tertiary alicyclic amines) is 1. The molecule has 0 saturated carbocycles. The highest BCUT2D eigenvalue weighted by atomic mass is 16.4. The summed E-state index contributed by atoms with van der Waals surface area (Å²) in [5.74, 6) is 0.915. The first-order valence-electron chi connectivity index (χ1n) is 2.96. The fourth-order valence-electron chi connectivity index (χ4n) is 0.949. The summed E-state index contributed by atoms with van der Waals surface area (Å²) < 4.78 is 0. The summed E-state index contributed by atoms with van der Waals surface area (Å²) in [6.45, 7) is 3.95. The summed E-state index contributed by atoms with van der Waals surface area (Å²) in [7, 11) is 0. The average molecular weight is 129 g/mol. The van der Waals surface area contributed by atoms with Crippen molar-refractivity contribution in [1.29, 1.82) is 0 Å². The van der Waals surface area contributed by atoms with E-state index in [4.69, 9.17) is 10.9 Å². The Morgan fingerprint density at radius 2 is 2.33 bits per heavy atom. The minimum Gasteiger partial charge on any atom is -0.408 e. The van der Waals surface area contributed by atoms with Gasteiger partial charge in [0, 0.05) is 13.1 Å². The maximum absolute atomic E-state index is 8.18. The van der Waals surface area contributed by atoms with E-state index in [1.807, 2.05) is 4.90 Å². The lowest BCUT2D eigenvalue weighted by atomic mass is 10.0. The molecule has 0 amide bonds. The molecule has 0 aromatic rings. The third-order valence-electron chi connectivity index (χ3n) is 1.49. The first-order valence-corrected chi connectivity index (χ1v) is 2.96. The van der Waals surface area contributed by atoms with Crippen molar-refractivity contribution >= 4 is 5.96 Å². The van der Waals surface area contributed by atoms with E-state index in [9.17, 15) is 0 Å². The maximum atomic E-state index is 8.18. The second-order valence-electron chi connectivity index (χ2n) is 2.47. The predicted molar refractivity (Wildman–Crippen MR) is 34.1 cm³/mol. The minimum atomic E-state index is 0.230. The molecule has 0 unspecified atom stereocenters. The molecule has 0 bridgehead atoms. The van der Waals surface area contributed by atoms with E-state index in [1.54, 1.807) is 0 Å². The highest BCUT2D eigenvalue weighted by molar-refractivity contribution is 5.78. The van der Waals surface area contributed by atoms with Crippen molar-refractivity contribution < 1.29 is 5.21 Å². The Kier molecular flexibility index (Phi) is 1.46. The summed E-state index contributed by atoms with van der Waals surface area (Å²) in [5, 5.41) is 11.0. The van der Waals surface area contributed by atoms with Gasteiger partial charge in [-0.05, 0) is 5.92 Å². The van der Waals surface area contributed by atoms with Gasteiger partial charge in [0.15, 0.2) is 0 Å². The number of hydrogen-bond donors (Lipinski definition) is 2. The average Bonchev–Trinajstić information content (AvgIpc) is 1.79. The third-order valence-corrected chi connectivity index (χ3v) is 1.49. The van der Waals surface area contributed by atoms with E-state index in [0.717, 1.165) is 13.1 Å². The van der Waals surface area contributed by atoms with Gasteiger partial charge in [0.25, 0.3) is 0 Å². The molecule has 1 heterocycles. The summed E-state index contributed by atoms with van der Waals surface area (Å²) in [4.78, 5) is 1.82. The van der Waals surface area contributed by atoms with Crippen LogP contribution in [0.4, 0.5) is 0 Å². The molecule has 0 aliphatic carbocycles. The molecule has 1 saturated heterocycles. The second-order valence-corrected chi connectivity index (χ2v) is 2.47. The minimum absolute atomic E-state index is 0.230. The Labute approximate surface area is 53.9 Å². The van der Waals surface area contributed by atoms with Crippen LogP contribution in [0.25, 0.3) is 0 Å². The van der Waals surface area contributed by atoms with E-state index in [0.29, 0.717) is 5.92 Å². The van der Waals surface area contributed by atoms with Crippen molar-refractivity contribution in [2.45, 2.75) is 6.92 Å². The molecule has 3 N–H and O–H groups in total. The monoisotopic (exact) mass is 129 g/mol. The molecule has 4 nitrogen and oxygen atoms in total. The normalized spacial score (nSPS) is 21.9. The number of rotatable bonds is 0. The molecular weight excluding hydrogens is 118 g/mol. The molecule has 9 heavy (non-hydrogen) atoms. The standard InChI is InChI=1S/C5H11N3O/c1-4-2-8(3-4)5(6)7-9/h4,9H,2-3H2,1H3,(H2,6,7). The first kappa shape index (κ1) is 6.19. The summed E-state index contributed by atoms with van der Waals surface area (Å²) in [6.07, 6.45) is 0. The molecule has 1 rings (SSSR count). The second kappa shape index (κ2) is 2.13. The van der Waals surface area contributed by atoms with Gasteiger partial charge in [0.1, 0.15) is 0 Å². The summed E-state index contributed by atoms with van der Waals surface area (Å²) in [5.41, 5.74) is 5.27. The number of guanidine groups is 1. The van der Waals surface area contributed by atoms with Crippen LogP contribution >= 0.6 is 0 Å². The van der Waals surface area contributed by atoms with Gasteiger partial charge in [-0.2, -0.15) is 0 Å². The van der Waals surface area contributed by atoms with E-state index >= 15 is 0 Å². The van der Waals surface area contributed by atoms with Gasteiger partial charge in [-0.25, -0.2) is 0 Å². The van der Waals surface area contributed by atoms with Crippen LogP contribution in [0.15, 0.2) is 5.16 Å². The lowest BCUT2D eigenvalue weighted by molar-refractivity contribution is 0.191. The van der Waals surface area contributed by atoms with Crippen LogP contribution in [-0.4, -0.2) is 29.2 Å². The van der Waals surface area contributed by atoms with Crippen molar-refractivity contribution in [3.8, 4) is 0 Å². The summed E-state index contributed by atoms with van der Waals surface area (Å²) >= 11 is 0. The smallest absolute Gasteiger partial charge is 0.233 e. The van der Waals surface area contributed by atoms with Gasteiger partial charge >= 0.3 is 0 Å². The lowest BCUT2D eigenvalue weighted by Gasteiger charge is -2.37. The highest BCUT2D eigenvalue weighted by Crippen LogP contribution is 2.12. The molecule has 0 aromatic carbocycles. The van der Waals surface area contributed by atoms with E-state index < -0.39 is 0 Å². The molecule has 4 heteroatoms. The lowest BCUT2D eigenvalue weighted by Crippen LogP contribution is -2.51. The molecule has 0 radical (unpaired) electrons. The number of hydrogen-bond acceptors (Lipinski definition) is 2. The summed E-state index contributed by atoms with van der Waals surface area (Å²) in [6, 6.07) is 0. The Morgan fingerprint density at radius 3 is 2.67 bits per heavy atom. The quantitative estimate of drug-likeness (QED) is 0.203. The van der Waals surface area contributed by atoms with Gasteiger partial charge in [0.05, 0.1) is 0 Å². The Hall–Kier alpha value is -0.930. The van der Waals surface area contributed by atoms with Crippen LogP contribution in [0, 0.1) is 5.92 Å². The number of nitrogens with zero attached hydrogens (tertiary/aromatic N) is 2. The molecule has 0 spiro atoms. The van der Waals surface area contributed by atoms with Crippen LogP contribution in [0.2, 0.25) is 0 Å². The largest absolute Gasteiger partial charge is 0.408 e. The van der Waals surface area contributed by atoms with Crippen molar-refractivity contribution in [3.63, 3.8) is 0 Å². The fourth-order valence-corrected chi connectivity index (χ4v) is 0.949. The van der Waals surface area contributed by atoms with Crippen LogP contribution in [0.1, 0.15) is 6.92 Å². The van der Waals surface area contributed by atoms with Crippen molar-refractivity contribution in [2.75, 3.05) is 13.1 Å². The van der Waals surface area contributed by atoms with Crippen molar-refractivity contribution in [1.82, 2.24) is 4.90 Å². The van der Waals surface area contributed by atoms with Crippen molar-refractivity contribution in [2.24, 2.45) is 16.8 Å². The molecule has 1 aliphatic heterocycles. The van der Waals surface area contributed by atoms with Gasteiger partial charge in [-0.3, -0.25) is 0 Å². The Balaban J connectivity index is 2.32. The van der Waals surface area contributed by atoms with Gasteiger partial charge in [0.2, 0.25) is 5.96 Å². The van der Waals surface area contributed by atoms with Gasteiger partial charge in [-0.15, -0.1) is 0 Å². The Bertz CT molecular complexity index is 128. The molecule has 1 aliphatic rings. The zero-order valence-corrected chi connectivity index (χ0v) is 5.41. The van der Waals surface area contributed by atoms with Gasteiger partial charge in [-0.1, -0.05) is 12.1 Å². The zero-order chi connectivity index (χ0) is 6.85. The Morgan fingerprint density at radius 1 is 1.78 bits per heavy atom. The number of oxime groups is 1. The topological polar surface area (TPSA) is 61.8 Å². The van der Waals surface area contributed by atoms with E-state index in [1.165, 1.54) is 0 Å². The van der Waals surface area contributed by atoms with Crippen LogP contribution < -0.4 is 5.73 Å². The molecule has 0 aromatic heterocycles. The maximum Gasteiger partial charge on any atom is 0.233 e. The van der Waals surface area contributed by atoms with Crippen molar-refractivity contribution in [3.05, 3.63) is 0 Å². The SMILES string of the molecule is CC1CN(/C(N)=N/O)C1. The van der Waals surface area contributed by atoms with Crippen LogP contribution in [0.5, 0.6) is 0 Å². The molecular formula is C5H11N3O.